The number of aromatic nitrogens is 2. The van der Waals surface area contributed by atoms with E-state index in [4.69, 9.17) is 15.2 Å². The van der Waals surface area contributed by atoms with Crippen LogP contribution in [0, 0.1) is 12.8 Å². The van der Waals surface area contributed by atoms with Crippen LogP contribution in [0.2, 0.25) is 0 Å². The van der Waals surface area contributed by atoms with E-state index in [1.807, 2.05) is 24.3 Å². The van der Waals surface area contributed by atoms with Crippen LogP contribution in [0.15, 0.2) is 24.3 Å². The number of nitrogen functional groups attached to an aromatic ring is 1. The summed E-state index contributed by atoms with van der Waals surface area (Å²) in [5, 5.41) is 0. The molecule has 0 fully saturated rings. The smallest absolute Gasteiger partial charge is 0.342 e. The first-order valence-electron chi connectivity index (χ1n) is 7.97. The predicted octanol–water partition coefficient (Wildman–Crippen LogP) is 3.25. The van der Waals surface area contributed by atoms with Crippen molar-refractivity contribution in [1.29, 1.82) is 0 Å². The molecule has 2 aromatic rings. The van der Waals surface area contributed by atoms with Gasteiger partial charge in [-0.1, -0.05) is 26.0 Å². The SMILES string of the molecule is CCOC(=O)c1c(C)nc(N)nc1-c1ccccc1OCC(C)C. The minimum atomic E-state index is -0.469. The van der Waals surface area contributed by atoms with Gasteiger partial charge in [0.25, 0.3) is 0 Å². The van der Waals surface area contributed by atoms with Crippen LogP contribution in [-0.4, -0.2) is 29.2 Å². The Morgan fingerprint density at radius 2 is 1.96 bits per heavy atom. The van der Waals surface area contributed by atoms with Gasteiger partial charge >= 0.3 is 5.97 Å². The molecule has 128 valence electrons. The fourth-order valence-corrected chi connectivity index (χ4v) is 2.28. The highest BCUT2D eigenvalue weighted by Gasteiger charge is 2.22. The van der Waals surface area contributed by atoms with Crippen molar-refractivity contribution in [3.63, 3.8) is 0 Å². The van der Waals surface area contributed by atoms with Crippen LogP contribution >= 0.6 is 0 Å². The maximum Gasteiger partial charge on any atom is 0.342 e. The molecule has 1 aromatic heterocycles. The lowest BCUT2D eigenvalue weighted by atomic mass is 10.0. The standard InChI is InChI=1S/C18H23N3O3/c1-5-23-17(22)15-12(4)20-18(19)21-16(15)13-8-6-7-9-14(13)24-10-11(2)3/h6-9,11H,5,10H2,1-4H3,(H2,19,20,21). The molecule has 2 N–H and O–H groups in total. The molecule has 1 aromatic carbocycles. The Balaban J connectivity index is 2.58. The van der Waals surface area contributed by atoms with Crippen molar-refractivity contribution in [3.05, 3.63) is 35.5 Å². The third-order valence-electron chi connectivity index (χ3n) is 3.30. The van der Waals surface area contributed by atoms with E-state index in [0.29, 0.717) is 40.8 Å². The molecule has 0 spiro atoms. The Hall–Kier alpha value is -2.63. The van der Waals surface area contributed by atoms with E-state index >= 15 is 0 Å². The number of anilines is 1. The van der Waals surface area contributed by atoms with E-state index in [-0.39, 0.29) is 12.6 Å². The molecule has 0 radical (unpaired) electrons. The maximum atomic E-state index is 12.4. The van der Waals surface area contributed by atoms with Crippen molar-refractivity contribution in [3.8, 4) is 17.0 Å². The first-order valence-corrected chi connectivity index (χ1v) is 7.97. The number of benzene rings is 1. The van der Waals surface area contributed by atoms with Gasteiger partial charge in [0.05, 0.1) is 24.6 Å². The Labute approximate surface area is 142 Å². The van der Waals surface area contributed by atoms with E-state index in [9.17, 15) is 4.79 Å². The molecule has 0 bridgehead atoms. The number of nitrogens with two attached hydrogens (primary N) is 1. The van der Waals surface area contributed by atoms with E-state index in [0.717, 1.165) is 0 Å². The van der Waals surface area contributed by atoms with Gasteiger partial charge in [-0.15, -0.1) is 0 Å². The summed E-state index contributed by atoms with van der Waals surface area (Å²) in [6, 6.07) is 7.43. The lowest BCUT2D eigenvalue weighted by Gasteiger charge is -2.16. The summed E-state index contributed by atoms with van der Waals surface area (Å²) < 4.78 is 11.0. The highest BCUT2D eigenvalue weighted by Crippen LogP contribution is 2.33. The summed E-state index contributed by atoms with van der Waals surface area (Å²) in [5.41, 5.74) is 7.71. The van der Waals surface area contributed by atoms with Crippen LogP contribution in [0.1, 0.15) is 36.8 Å². The van der Waals surface area contributed by atoms with Gasteiger partial charge in [-0.3, -0.25) is 0 Å². The number of carbonyl (C=O) groups is 1. The zero-order chi connectivity index (χ0) is 17.7. The quantitative estimate of drug-likeness (QED) is 0.819. The third kappa shape index (κ3) is 4.01. The second-order valence-corrected chi connectivity index (χ2v) is 5.81. The molecule has 0 amide bonds. The highest BCUT2D eigenvalue weighted by molar-refractivity contribution is 5.98. The molecule has 24 heavy (non-hydrogen) atoms. The van der Waals surface area contributed by atoms with Crippen molar-refractivity contribution < 1.29 is 14.3 Å². The topological polar surface area (TPSA) is 87.3 Å². The van der Waals surface area contributed by atoms with Crippen molar-refractivity contribution in [2.45, 2.75) is 27.7 Å². The van der Waals surface area contributed by atoms with Crippen LogP contribution in [0.4, 0.5) is 5.95 Å². The van der Waals surface area contributed by atoms with Gasteiger partial charge in [0.2, 0.25) is 5.95 Å². The summed E-state index contributed by atoms with van der Waals surface area (Å²) >= 11 is 0. The number of rotatable bonds is 6. The molecule has 6 heteroatoms. The highest BCUT2D eigenvalue weighted by atomic mass is 16.5. The van der Waals surface area contributed by atoms with Crippen LogP contribution in [0.3, 0.4) is 0 Å². The fraction of sp³-hybridized carbons (Fsp3) is 0.389. The van der Waals surface area contributed by atoms with Gasteiger partial charge in [0.1, 0.15) is 11.3 Å². The Bertz CT molecular complexity index is 729. The van der Waals surface area contributed by atoms with Crippen molar-refractivity contribution in [2.24, 2.45) is 5.92 Å². The molecule has 6 nitrogen and oxygen atoms in total. The number of esters is 1. The van der Waals surface area contributed by atoms with E-state index in [1.54, 1.807) is 13.8 Å². The van der Waals surface area contributed by atoms with Crippen LogP contribution in [-0.2, 0) is 4.74 Å². The van der Waals surface area contributed by atoms with Gasteiger partial charge < -0.3 is 15.2 Å². The zero-order valence-corrected chi connectivity index (χ0v) is 14.5. The Morgan fingerprint density at radius 1 is 1.25 bits per heavy atom. The van der Waals surface area contributed by atoms with E-state index < -0.39 is 5.97 Å². The normalized spacial score (nSPS) is 10.7. The molecule has 0 aliphatic heterocycles. The number of ether oxygens (including phenoxy) is 2. The molecular weight excluding hydrogens is 306 g/mol. The monoisotopic (exact) mass is 329 g/mol. The van der Waals surface area contributed by atoms with Gasteiger partial charge in [0.15, 0.2) is 0 Å². The predicted molar refractivity (Wildman–Crippen MR) is 92.9 cm³/mol. The fourth-order valence-electron chi connectivity index (χ4n) is 2.28. The summed E-state index contributed by atoms with van der Waals surface area (Å²) in [6.07, 6.45) is 0. The van der Waals surface area contributed by atoms with Gasteiger partial charge in [-0.05, 0) is 31.9 Å². The summed E-state index contributed by atoms with van der Waals surface area (Å²) in [5.74, 6) is 0.659. The largest absolute Gasteiger partial charge is 0.493 e. The minimum Gasteiger partial charge on any atom is -0.493 e. The molecule has 0 unspecified atom stereocenters. The number of para-hydroxylation sites is 1. The van der Waals surface area contributed by atoms with Crippen molar-refractivity contribution in [1.82, 2.24) is 9.97 Å². The zero-order valence-electron chi connectivity index (χ0n) is 14.5. The second kappa shape index (κ2) is 7.77. The van der Waals surface area contributed by atoms with E-state index in [1.165, 1.54) is 0 Å². The number of carbonyl (C=O) groups excluding carboxylic acids is 1. The summed E-state index contributed by atoms with van der Waals surface area (Å²) in [6.45, 7) is 8.44. The maximum absolute atomic E-state index is 12.4. The van der Waals surface area contributed by atoms with Crippen LogP contribution in [0.5, 0.6) is 5.75 Å². The molecule has 0 saturated carbocycles. The Morgan fingerprint density at radius 3 is 2.62 bits per heavy atom. The number of nitrogens with zero attached hydrogens (tertiary/aromatic N) is 2. The van der Waals surface area contributed by atoms with Gasteiger partial charge in [0, 0.05) is 5.56 Å². The first kappa shape index (κ1) is 17.7. The summed E-state index contributed by atoms with van der Waals surface area (Å²) in [4.78, 5) is 20.7. The molecule has 1 heterocycles. The molecule has 0 aliphatic carbocycles. The van der Waals surface area contributed by atoms with Gasteiger partial charge in [-0.25, -0.2) is 14.8 Å². The Kier molecular flexibility index (Phi) is 5.73. The average molecular weight is 329 g/mol. The molecule has 0 saturated heterocycles. The van der Waals surface area contributed by atoms with Gasteiger partial charge in [-0.2, -0.15) is 0 Å². The minimum absolute atomic E-state index is 0.106. The number of hydrogen-bond donors (Lipinski definition) is 1. The molecule has 0 atom stereocenters. The molecule has 0 aliphatic rings. The summed E-state index contributed by atoms with van der Waals surface area (Å²) in [7, 11) is 0. The lowest BCUT2D eigenvalue weighted by Crippen LogP contribution is -2.14. The van der Waals surface area contributed by atoms with Crippen LogP contribution in [0.25, 0.3) is 11.3 Å². The third-order valence-corrected chi connectivity index (χ3v) is 3.30. The van der Waals surface area contributed by atoms with E-state index in [2.05, 4.69) is 23.8 Å². The second-order valence-electron chi connectivity index (χ2n) is 5.81. The average Bonchev–Trinajstić information content (AvgIpc) is 2.52. The van der Waals surface area contributed by atoms with Crippen molar-refractivity contribution >= 4 is 11.9 Å². The molecule has 2 rings (SSSR count). The first-order chi connectivity index (χ1) is 11.4. The number of aryl methyl sites for hydroxylation is 1. The number of hydrogen-bond acceptors (Lipinski definition) is 6. The van der Waals surface area contributed by atoms with Crippen molar-refractivity contribution in [2.75, 3.05) is 18.9 Å². The van der Waals surface area contributed by atoms with Crippen LogP contribution < -0.4 is 10.5 Å². The lowest BCUT2D eigenvalue weighted by molar-refractivity contribution is 0.0525. The molecular formula is C18H23N3O3.